The Labute approximate surface area is 168 Å². The van der Waals surface area contributed by atoms with E-state index < -0.39 is 11.9 Å². The number of aromatic carboxylic acids is 1. The molecule has 1 saturated heterocycles. The van der Waals surface area contributed by atoms with Crippen molar-refractivity contribution in [3.63, 3.8) is 0 Å². The van der Waals surface area contributed by atoms with Crippen LogP contribution in [0.3, 0.4) is 0 Å². The number of rotatable bonds is 4. The number of hydrogen-bond donors (Lipinski definition) is 3. The number of carboxylic acid groups (broad SMARTS) is 2. The van der Waals surface area contributed by atoms with Crippen LogP contribution in [-0.4, -0.2) is 53.5 Å². The highest BCUT2D eigenvalue weighted by Gasteiger charge is 2.42. The predicted molar refractivity (Wildman–Crippen MR) is 105 cm³/mol. The highest BCUT2D eigenvalue weighted by atomic mass is 16.5. The molecule has 2 aromatic rings. The van der Waals surface area contributed by atoms with E-state index in [0.29, 0.717) is 29.0 Å². The van der Waals surface area contributed by atoms with E-state index in [-0.39, 0.29) is 17.4 Å². The van der Waals surface area contributed by atoms with Gasteiger partial charge in [-0.15, -0.1) is 0 Å². The van der Waals surface area contributed by atoms with Gasteiger partial charge >= 0.3 is 5.97 Å². The maximum atomic E-state index is 11.9. The molecular weight excluding hydrogens is 378 g/mol. The summed E-state index contributed by atoms with van der Waals surface area (Å²) in [6.45, 7) is 2.54. The summed E-state index contributed by atoms with van der Waals surface area (Å²) in [5.74, 6) is 0.281. The molecule has 156 valence electrons. The quantitative estimate of drug-likeness (QED) is 0.701. The number of anilines is 1. The van der Waals surface area contributed by atoms with Gasteiger partial charge < -0.3 is 30.1 Å². The molecular formula is C20H25N3O6. The van der Waals surface area contributed by atoms with Gasteiger partial charge in [0.05, 0.1) is 7.11 Å². The minimum absolute atomic E-state index is 0.111. The van der Waals surface area contributed by atoms with Gasteiger partial charge in [0, 0.05) is 31.6 Å². The Balaban J connectivity index is 0.000000552. The molecule has 3 atom stereocenters. The van der Waals surface area contributed by atoms with Crippen LogP contribution in [0.1, 0.15) is 30.1 Å². The highest BCUT2D eigenvalue weighted by molar-refractivity contribution is 5.99. The highest BCUT2D eigenvalue weighted by Crippen LogP contribution is 2.40. The normalized spacial score (nSPS) is 22.6. The van der Waals surface area contributed by atoms with Crippen LogP contribution in [-0.2, 0) is 4.79 Å². The van der Waals surface area contributed by atoms with Gasteiger partial charge in [0.15, 0.2) is 17.1 Å². The zero-order chi connectivity index (χ0) is 21.1. The number of piperidine rings is 1. The van der Waals surface area contributed by atoms with Gasteiger partial charge in [-0.25, -0.2) is 4.79 Å². The van der Waals surface area contributed by atoms with Crippen LogP contribution in [0.5, 0.6) is 5.75 Å². The van der Waals surface area contributed by atoms with Gasteiger partial charge in [-0.05, 0) is 48.9 Å². The summed E-state index contributed by atoms with van der Waals surface area (Å²) < 4.78 is 10.6. The third kappa shape index (κ3) is 4.34. The molecule has 2 aliphatic rings. The Morgan fingerprint density at radius 1 is 1.17 bits per heavy atom. The lowest BCUT2D eigenvalue weighted by molar-refractivity contribution is -0.134. The van der Waals surface area contributed by atoms with Gasteiger partial charge in [0.2, 0.25) is 0 Å². The molecule has 1 aliphatic carbocycles. The van der Waals surface area contributed by atoms with Gasteiger partial charge in [-0.1, -0.05) is 5.16 Å². The van der Waals surface area contributed by atoms with Crippen molar-refractivity contribution in [1.82, 2.24) is 5.16 Å². The molecule has 29 heavy (non-hydrogen) atoms. The molecule has 1 aromatic heterocycles. The summed E-state index contributed by atoms with van der Waals surface area (Å²) in [5, 5.41) is 21.3. The van der Waals surface area contributed by atoms with E-state index in [2.05, 4.69) is 5.16 Å². The van der Waals surface area contributed by atoms with Crippen molar-refractivity contribution in [3.05, 3.63) is 29.8 Å². The molecule has 0 spiro atoms. The van der Waals surface area contributed by atoms with Crippen LogP contribution >= 0.6 is 0 Å². The summed E-state index contributed by atoms with van der Waals surface area (Å²) in [4.78, 5) is 22.9. The summed E-state index contributed by atoms with van der Waals surface area (Å²) >= 11 is 0. The molecule has 1 aromatic carbocycles. The van der Waals surface area contributed by atoms with Crippen LogP contribution in [0, 0.1) is 11.8 Å². The molecule has 9 heteroatoms. The fraction of sp³-hybridized carbons (Fsp3) is 0.450. The molecule has 1 saturated carbocycles. The third-order valence-corrected chi connectivity index (χ3v) is 5.45. The lowest BCUT2D eigenvalue weighted by Gasteiger charge is -2.36. The Morgan fingerprint density at radius 2 is 1.72 bits per heavy atom. The molecule has 4 N–H and O–H groups in total. The van der Waals surface area contributed by atoms with E-state index in [1.807, 2.05) is 4.90 Å². The first kappa shape index (κ1) is 20.7. The van der Waals surface area contributed by atoms with Crippen LogP contribution in [0.4, 0.5) is 5.82 Å². The zero-order valence-electron chi connectivity index (χ0n) is 16.4. The zero-order valence-corrected chi connectivity index (χ0v) is 16.4. The van der Waals surface area contributed by atoms with Crippen molar-refractivity contribution in [2.45, 2.75) is 25.8 Å². The maximum Gasteiger partial charge on any atom is 0.343 e. The lowest BCUT2D eigenvalue weighted by Crippen LogP contribution is -2.49. The average molecular weight is 403 g/mol. The number of fused-ring (bicyclic) bond motifs is 2. The summed E-state index contributed by atoms with van der Waals surface area (Å²) in [7, 11) is 1.58. The van der Waals surface area contributed by atoms with Crippen molar-refractivity contribution in [2.75, 3.05) is 25.1 Å². The van der Waals surface area contributed by atoms with Gasteiger partial charge in [0.1, 0.15) is 5.75 Å². The minimum atomic E-state index is -1.04. The van der Waals surface area contributed by atoms with Crippen LogP contribution in [0.15, 0.2) is 28.8 Å². The fourth-order valence-electron chi connectivity index (χ4n) is 4.07. The van der Waals surface area contributed by atoms with E-state index in [4.69, 9.17) is 24.9 Å². The molecule has 1 aliphatic heterocycles. The van der Waals surface area contributed by atoms with Crippen LogP contribution in [0.25, 0.3) is 11.3 Å². The van der Waals surface area contributed by atoms with Crippen molar-refractivity contribution in [3.8, 4) is 17.1 Å². The fourth-order valence-corrected chi connectivity index (χ4v) is 4.07. The Morgan fingerprint density at radius 3 is 2.21 bits per heavy atom. The average Bonchev–Trinajstić information content (AvgIpc) is 3.19. The Bertz CT molecular complexity index is 861. The largest absolute Gasteiger partial charge is 0.497 e. The molecule has 1 unspecified atom stereocenters. The number of hydrogen-bond acceptors (Lipinski definition) is 7. The van der Waals surface area contributed by atoms with Crippen molar-refractivity contribution in [2.24, 2.45) is 17.6 Å². The number of nitrogens with two attached hydrogens (primary N) is 1. The van der Waals surface area contributed by atoms with Gasteiger partial charge in [0.25, 0.3) is 5.97 Å². The topological polar surface area (TPSA) is 139 Å². The van der Waals surface area contributed by atoms with Gasteiger partial charge in [-0.3, -0.25) is 4.79 Å². The number of benzene rings is 1. The van der Waals surface area contributed by atoms with Crippen molar-refractivity contribution in [1.29, 1.82) is 0 Å². The molecule has 2 heterocycles. The molecule has 9 nitrogen and oxygen atoms in total. The molecule has 2 bridgehead atoms. The number of methoxy groups -OCH3 is 1. The van der Waals surface area contributed by atoms with Crippen LogP contribution in [0.2, 0.25) is 0 Å². The number of carbonyl (C=O) groups is 2. The summed E-state index contributed by atoms with van der Waals surface area (Å²) in [5.41, 5.74) is 7.02. The van der Waals surface area contributed by atoms with Crippen molar-refractivity contribution >= 4 is 17.8 Å². The summed E-state index contributed by atoms with van der Waals surface area (Å²) in [6, 6.07) is 7.28. The first-order chi connectivity index (χ1) is 13.8. The SMILES string of the molecule is CC(=O)O.COc1ccc(-c2onc(N3C[C@H]4CC[C@@H](C3)C4N)c2C(=O)O)cc1. The number of aromatic nitrogens is 1. The van der Waals surface area contributed by atoms with E-state index in [0.717, 1.165) is 32.9 Å². The number of aliphatic carboxylic acids is 1. The van der Waals surface area contributed by atoms with Crippen LogP contribution < -0.4 is 15.4 Å². The maximum absolute atomic E-state index is 11.9. The van der Waals surface area contributed by atoms with Crippen molar-refractivity contribution < 1.29 is 29.1 Å². The Hall–Kier alpha value is -3.07. The summed E-state index contributed by atoms with van der Waals surface area (Å²) in [6.07, 6.45) is 2.18. The second kappa shape index (κ2) is 8.52. The standard InChI is InChI=1S/C18H21N3O4.C2H4O2/c1-24-13-6-4-10(5-7-13)16-14(18(22)23)17(20-25-16)21-8-11-2-3-12(9-21)15(11)19;1-2(3)4/h4-7,11-12,15H,2-3,8-9,19H2,1H3,(H,22,23);1H3,(H,3,4)/t11-,12+,15?;. The molecule has 0 radical (unpaired) electrons. The van der Waals surface area contributed by atoms with E-state index >= 15 is 0 Å². The number of ether oxygens (including phenoxy) is 1. The predicted octanol–water partition coefficient (Wildman–Crippen LogP) is 2.31. The second-order valence-electron chi connectivity index (χ2n) is 7.34. The number of nitrogens with zero attached hydrogens (tertiary/aromatic N) is 2. The van der Waals surface area contributed by atoms with E-state index in [9.17, 15) is 9.90 Å². The second-order valence-corrected chi connectivity index (χ2v) is 7.34. The molecule has 4 rings (SSSR count). The Kier molecular flexibility index (Phi) is 6.07. The van der Waals surface area contributed by atoms with Gasteiger partial charge in [-0.2, -0.15) is 0 Å². The van der Waals surface area contributed by atoms with E-state index in [1.54, 1.807) is 31.4 Å². The first-order valence-electron chi connectivity index (χ1n) is 9.39. The number of carboxylic acids is 2. The molecule has 2 fully saturated rings. The third-order valence-electron chi connectivity index (χ3n) is 5.45. The first-order valence-corrected chi connectivity index (χ1v) is 9.39. The lowest BCUT2D eigenvalue weighted by atomic mass is 9.93. The molecule has 0 amide bonds. The van der Waals surface area contributed by atoms with E-state index in [1.165, 1.54) is 0 Å². The smallest absolute Gasteiger partial charge is 0.343 e. The minimum Gasteiger partial charge on any atom is -0.497 e. The monoisotopic (exact) mass is 403 g/mol.